The molecule has 0 heterocycles. The number of hydrogen-bond donors (Lipinski definition) is 1. The number of likely N-dealkylation sites (N-methyl/N-ethyl adjacent to an activating group) is 1. The van der Waals surface area contributed by atoms with Crippen molar-refractivity contribution >= 4 is 5.97 Å². The van der Waals surface area contributed by atoms with Gasteiger partial charge in [-0.15, -0.1) is 0 Å². The Morgan fingerprint density at radius 1 is 0.786 bits per heavy atom. The molecule has 168 valence electrons. The average Bonchev–Trinajstić information content (AvgIpc) is 2.61. The van der Waals surface area contributed by atoms with E-state index in [2.05, 4.69) is 33.2 Å². The fourth-order valence-electron chi connectivity index (χ4n) is 3.17. The van der Waals surface area contributed by atoms with Crippen LogP contribution in [0.15, 0.2) is 12.2 Å². The van der Waals surface area contributed by atoms with Crippen molar-refractivity contribution in [3.63, 3.8) is 0 Å². The Morgan fingerprint density at radius 3 is 1.61 bits per heavy atom. The molecule has 0 aromatic heterocycles. The lowest BCUT2D eigenvalue weighted by Crippen LogP contribution is -2.42. The van der Waals surface area contributed by atoms with Crippen molar-refractivity contribution in [2.45, 2.75) is 104 Å². The number of unbranched alkanes of at least 4 members (excludes halogenated alkanes) is 12. The topological polar surface area (TPSA) is 60.4 Å². The summed E-state index contributed by atoms with van der Waals surface area (Å²) in [6.45, 7) is 5.63. The summed E-state index contributed by atoms with van der Waals surface area (Å²) in [5, 5.41) is 17.9. The smallest absolute Gasteiger partial charge is 0.102 e. The van der Waals surface area contributed by atoms with Gasteiger partial charge in [0, 0.05) is 5.97 Å². The second kappa shape index (κ2) is 22.4. The molecule has 4 heteroatoms. The average molecular weight is 400 g/mol. The molecular formula is C24H49NO3. The molecule has 0 fully saturated rings. The van der Waals surface area contributed by atoms with E-state index in [4.69, 9.17) is 15.0 Å². The summed E-state index contributed by atoms with van der Waals surface area (Å²) < 4.78 is 0.958. The number of nitrogens with zero attached hydrogens (tertiary/aromatic N) is 1. The predicted octanol–water partition coefficient (Wildman–Crippen LogP) is 4.85. The molecule has 0 spiro atoms. The van der Waals surface area contributed by atoms with Gasteiger partial charge in [-0.25, -0.2) is 0 Å². The Hall–Kier alpha value is -0.870. The fraction of sp³-hybridized carbons (Fsp3) is 0.875. The van der Waals surface area contributed by atoms with E-state index < -0.39 is 5.97 Å². The third kappa shape index (κ3) is 29.9. The van der Waals surface area contributed by atoms with Crippen LogP contribution in [-0.2, 0) is 4.79 Å². The summed E-state index contributed by atoms with van der Waals surface area (Å²) in [7, 11) is 4.43. The summed E-state index contributed by atoms with van der Waals surface area (Å²) in [5.74, 6) is -1.08. The third-order valence-electron chi connectivity index (χ3n) is 4.98. The van der Waals surface area contributed by atoms with Crippen LogP contribution in [-0.4, -0.2) is 49.4 Å². The number of rotatable bonds is 18. The largest absolute Gasteiger partial charge is 0.550 e. The molecular weight excluding hydrogens is 350 g/mol. The summed E-state index contributed by atoms with van der Waals surface area (Å²) >= 11 is 0. The van der Waals surface area contributed by atoms with Gasteiger partial charge in [0.15, 0.2) is 0 Å². The van der Waals surface area contributed by atoms with Gasteiger partial charge in [-0.1, -0.05) is 70.4 Å². The maximum absolute atomic E-state index is 9.02. The molecule has 0 saturated heterocycles. The number of hydrogen-bond acceptors (Lipinski definition) is 3. The van der Waals surface area contributed by atoms with Crippen LogP contribution in [0.2, 0.25) is 0 Å². The second-order valence-corrected chi connectivity index (χ2v) is 8.54. The van der Waals surface area contributed by atoms with Gasteiger partial charge in [-0.2, -0.15) is 0 Å². The van der Waals surface area contributed by atoms with Crippen LogP contribution in [0.3, 0.4) is 0 Å². The zero-order valence-electron chi connectivity index (χ0n) is 19.4. The monoisotopic (exact) mass is 399 g/mol. The maximum atomic E-state index is 9.02. The summed E-state index contributed by atoms with van der Waals surface area (Å²) in [5.41, 5.74) is 0. The van der Waals surface area contributed by atoms with Crippen molar-refractivity contribution in [3.05, 3.63) is 12.2 Å². The number of aliphatic carboxylic acids is 1. The number of allylic oxidation sites excluding steroid dienone is 2. The molecule has 0 saturated carbocycles. The minimum absolute atomic E-state index is 0.305. The van der Waals surface area contributed by atoms with E-state index in [-0.39, 0.29) is 0 Å². The van der Waals surface area contributed by atoms with Gasteiger partial charge in [0.05, 0.1) is 27.2 Å². The first-order valence-electron chi connectivity index (χ1n) is 11.6. The molecule has 0 aliphatic heterocycles. The van der Waals surface area contributed by atoms with E-state index in [1.165, 1.54) is 96.4 Å². The highest BCUT2D eigenvalue weighted by Crippen LogP contribution is 2.11. The van der Waals surface area contributed by atoms with Gasteiger partial charge in [0.25, 0.3) is 0 Å². The van der Waals surface area contributed by atoms with E-state index in [0.29, 0.717) is 6.61 Å². The van der Waals surface area contributed by atoms with Gasteiger partial charge < -0.3 is 19.5 Å². The van der Waals surface area contributed by atoms with E-state index in [0.717, 1.165) is 18.0 Å². The molecule has 4 nitrogen and oxygen atoms in total. The molecule has 1 N–H and O–H groups in total. The lowest BCUT2D eigenvalue weighted by Gasteiger charge is -2.28. The highest BCUT2D eigenvalue weighted by Gasteiger charge is 2.12. The number of carbonyl (C=O) groups is 1. The van der Waals surface area contributed by atoms with Crippen molar-refractivity contribution in [1.29, 1.82) is 0 Å². The molecule has 0 aliphatic rings. The molecule has 0 aromatic carbocycles. The maximum Gasteiger partial charge on any atom is 0.102 e. The molecule has 0 unspecified atom stereocenters. The molecule has 0 amide bonds. The van der Waals surface area contributed by atoms with Gasteiger partial charge in [0.2, 0.25) is 0 Å². The van der Waals surface area contributed by atoms with Crippen molar-refractivity contribution in [3.8, 4) is 0 Å². The Morgan fingerprint density at radius 2 is 1.18 bits per heavy atom. The molecule has 0 aromatic rings. The first-order chi connectivity index (χ1) is 13.4. The zero-order chi connectivity index (χ0) is 21.5. The van der Waals surface area contributed by atoms with Crippen LogP contribution in [0, 0.1) is 0 Å². The Balaban J connectivity index is 0. The lowest BCUT2D eigenvalue weighted by atomic mass is 10.1. The molecule has 0 atom stereocenters. The van der Waals surface area contributed by atoms with Crippen LogP contribution >= 0.6 is 0 Å². The third-order valence-corrected chi connectivity index (χ3v) is 4.98. The molecule has 0 rings (SSSR count). The molecule has 0 aliphatic carbocycles. The van der Waals surface area contributed by atoms with E-state index in [1.54, 1.807) is 0 Å². The molecule has 0 radical (unpaired) electrons. The Kier molecular flexibility index (Phi) is 23.5. The first kappa shape index (κ1) is 29.3. The van der Waals surface area contributed by atoms with Crippen LogP contribution < -0.4 is 5.11 Å². The van der Waals surface area contributed by atoms with Gasteiger partial charge in [-0.05, 0) is 45.4 Å². The zero-order valence-corrected chi connectivity index (χ0v) is 19.4. The van der Waals surface area contributed by atoms with Crippen molar-refractivity contribution in [2.24, 2.45) is 0 Å². The van der Waals surface area contributed by atoms with Crippen LogP contribution in [0.25, 0.3) is 0 Å². The van der Waals surface area contributed by atoms with Crippen LogP contribution in [0.5, 0.6) is 0 Å². The number of aliphatic hydroxyl groups is 1. The highest BCUT2D eigenvalue weighted by molar-refractivity contribution is 5.60. The Labute approximate surface area is 175 Å². The van der Waals surface area contributed by atoms with Crippen molar-refractivity contribution in [1.82, 2.24) is 0 Å². The van der Waals surface area contributed by atoms with E-state index in [9.17, 15) is 0 Å². The molecule has 0 bridgehead atoms. The Bertz CT molecular complexity index is 350. The fourth-order valence-corrected chi connectivity index (χ4v) is 3.17. The first-order valence-corrected chi connectivity index (χ1v) is 11.6. The predicted molar refractivity (Wildman–Crippen MR) is 119 cm³/mol. The van der Waals surface area contributed by atoms with Gasteiger partial charge in [-0.3, -0.25) is 0 Å². The number of carboxylic acid groups (broad SMARTS) is 1. The van der Waals surface area contributed by atoms with Crippen LogP contribution in [0.1, 0.15) is 104 Å². The highest BCUT2D eigenvalue weighted by atomic mass is 16.4. The molecule has 28 heavy (non-hydrogen) atoms. The second-order valence-electron chi connectivity index (χ2n) is 8.54. The van der Waals surface area contributed by atoms with Gasteiger partial charge in [0.1, 0.15) is 6.54 Å². The normalized spacial score (nSPS) is 11.5. The summed E-state index contributed by atoms with van der Waals surface area (Å²) in [4.78, 5) is 8.89. The SMILES string of the molecule is CC(=O)[O-].CCCCCCCC/C=C\CCCCCCCC[N+](C)(C)CCO. The summed E-state index contributed by atoms with van der Waals surface area (Å²) in [6, 6.07) is 0. The summed E-state index contributed by atoms with van der Waals surface area (Å²) in [6.07, 6.45) is 23.9. The quantitative estimate of drug-likeness (QED) is 0.204. The number of carboxylic acids is 1. The van der Waals surface area contributed by atoms with E-state index in [1.807, 2.05) is 0 Å². The van der Waals surface area contributed by atoms with E-state index >= 15 is 0 Å². The van der Waals surface area contributed by atoms with Crippen LogP contribution in [0.4, 0.5) is 0 Å². The van der Waals surface area contributed by atoms with Crippen molar-refractivity contribution < 1.29 is 19.5 Å². The number of carbonyl (C=O) groups excluding carboxylic acids is 1. The standard InChI is InChI=1S/C22H46NO.C2H4O2/c1-4-5-6-7-8-9-10-11-12-13-14-15-16-17-18-19-20-23(2,3)21-22-24;1-2(3)4/h11-12,24H,4-10,13-22H2,1-3H3;1H3,(H,3,4)/q+1;/p-1/b12-11-;. The van der Waals surface area contributed by atoms with Crippen molar-refractivity contribution in [2.75, 3.05) is 33.8 Å². The minimum Gasteiger partial charge on any atom is -0.550 e. The number of aliphatic hydroxyl groups excluding tert-OH is 1. The lowest BCUT2D eigenvalue weighted by molar-refractivity contribution is -0.890. The van der Waals surface area contributed by atoms with Gasteiger partial charge >= 0.3 is 0 Å². The number of quaternary nitrogens is 1. The minimum atomic E-state index is -1.08.